The Labute approximate surface area is 152 Å². The van der Waals surface area contributed by atoms with Crippen molar-refractivity contribution in [2.45, 2.75) is 20.3 Å². The highest BCUT2D eigenvalue weighted by molar-refractivity contribution is 5.97. The SMILES string of the molecule is CC(C)(C#N)C(=O)Nc1ccc(F)c(NC(=O)CCN2CCOCC2)c1. The first-order valence-corrected chi connectivity index (χ1v) is 8.44. The maximum atomic E-state index is 14.0. The van der Waals surface area contributed by atoms with E-state index in [1.165, 1.54) is 26.0 Å². The fourth-order valence-electron chi connectivity index (χ4n) is 2.33. The molecule has 1 aliphatic rings. The summed E-state index contributed by atoms with van der Waals surface area (Å²) in [6.45, 7) is 6.40. The van der Waals surface area contributed by atoms with Crippen LogP contribution in [0.4, 0.5) is 15.8 Å². The number of amides is 2. The number of anilines is 2. The van der Waals surface area contributed by atoms with Crippen LogP contribution in [0.15, 0.2) is 18.2 Å². The summed E-state index contributed by atoms with van der Waals surface area (Å²) in [5.41, 5.74) is -0.914. The molecule has 7 nitrogen and oxygen atoms in total. The fourth-order valence-corrected chi connectivity index (χ4v) is 2.33. The minimum absolute atomic E-state index is 0.00968. The van der Waals surface area contributed by atoms with Crippen LogP contribution in [0.1, 0.15) is 20.3 Å². The highest BCUT2D eigenvalue weighted by Crippen LogP contribution is 2.22. The molecule has 1 aliphatic heterocycles. The average Bonchev–Trinajstić information content (AvgIpc) is 2.63. The molecule has 1 aromatic rings. The highest BCUT2D eigenvalue weighted by atomic mass is 19.1. The molecule has 0 spiro atoms. The smallest absolute Gasteiger partial charge is 0.244 e. The summed E-state index contributed by atoms with van der Waals surface area (Å²) in [5, 5.41) is 14.1. The molecule has 0 saturated carbocycles. The predicted octanol–water partition coefficient (Wildman–Crippen LogP) is 1.97. The van der Waals surface area contributed by atoms with Gasteiger partial charge in [0.1, 0.15) is 11.2 Å². The zero-order valence-electron chi connectivity index (χ0n) is 15.0. The van der Waals surface area contributed by atoms with Crippen molar-refractivity contribution in [1.82, 2.24) is 4.90 Å². The average molecular weight is 362 g/mol. The van der Waals surface area contributed by atoms with Crippen molar-refractivity contribution in [3.8, 4) is 6.07 Å². The van der Waals surface area contributed by atoms with Gasteiger partial charge in [0.05, 0.1) is 25.0 Å². The summed E-state index contributed by atoms with van der Waals surface area (Å²) in [5.74, 6) is -1.41. The lowest BCUT2D eigenvalue weighted by atomic mass is 9.94. The van der Waals surface area contributed by atoms with E-state index in [4.69, 9.17) is 10.00 Å². The van der Waals surface area contributed by atoms with Crippen molar-refractivity contribution < 1.29 is 18.7 Å². The number of carbonyl (C=O) groups is 2. The number of nitriles is 1. The van der Waals surface area contributed by atoms with E-state index in [0.29, 0.717) is 25.4 Å². The van der Waals surface area contributed by atoms with Crippen LogP contribution in [-0.2, 0) is 14.3 Å². The second-order valence-electron chi connectivity index (χ2n) is 6.64. The third-order valence-electron chi connectivity index (χ3n) is 4.10. The first-order chi connectivity index (χ1) is 12.3. The summed E-state index contributed by atoms with van der Waals surface area (Å²) in [6.07, 6.45) is 0.234. The Morgan fingerprint density at radius 3 is 2.65 bits per heavy atom. The van der Waals surface area contributed by atoms with E-state index >= 15 is 0 Å². The van der Waals surface area contributed by atoms with Crippen LogP contribution >= 0.6 is 0 Å². The number of ether oxygens (including phenoxy) is 1. The van der Waals surface area contributed by atoms with Crippen molar-refractivity contribution in [3.63, 3.8) is 0 Å². The Morgan fingerprint density at radius 2 is 2.00 bits per heavy atom. The molecule has 0 atom stereocenters. The molecule has 26 heavy (non-hydrogen) atoms. The number of benzene rings is 1. The van der Waals surface area contributed by atoms with Gasteiger partial charge < -0.3 is 15.4 Å². The van der Waals surface area contributed by atoms with Crippen molar-refractivity contribution in [3.05, 3.63) is 24.0 Å². The lowest BCUT2D eigenvalue weighted by molar-refractivity contribution is -0.121. The van der Waals surface area contributed by atoms with Gasteiger partial charge in [0.2, 0.25) is 11.8 Å². The number of carbonyl (C=O) groups excluding carboxylic acids is 2. The molecule has 0 aliphatic carbocycles. The molecule has 2 rings (SSSR count). The summed E-state index contributed by atoms with van der Waals surface area (Å²) >= 11 is 0. The maximum absolute atomic E-state index is 14.0. The largest absolute Gasteiger partial charge is 0.379 e. The molecule has 8 heteroatoms. The van der Waals surface area contributed by atoms with Gasteiger partial charge in [0, 0.05) is 31.7 Å². The predicted molar refractivity (Wildman–Crippen MR) is 94.9 cm³/mol. The lowest BCUT2D eigenvalue weighted by Gasteiger charge is -2.26. The number of rotatable bonds is 6. The molecule has 1 fully saturated rings. The fraction of sp³-hybridized carbons (Fsp3) is 0.500. The molecular formula is C18H23FN4O3. The molecule has 2 N–H and O–H groups in total. The van der Waals surface area contributed by atoms with Gasteiger partial charge in [-0.25, -0.2) is 4.39 Å². The number of hydrogen-bond donors (Lipinski definition) is 2. The van der Waals surface area contributed by atoms with Gasteiger partial charge in [-0.2, -0.15) is 5.26 Å². The van der Waals surface area contributed by atoms with Gasteiger partial charge in [0.15, 0.2) is 0 Å². The Morgan fingerprint density at radius 1 is 1.31 bits per heavy atom. The zero-order valence-corrected chi connectivity index (χ0v) is 15.0. The lowest BCUT2D eigenvalue weighted by Crippen LogP contribution is -2.38. The van der Waals surface area contributed by atoms with Gasteiger partial charge in [-0.15, -0.1) is 0 Å². The molecular weight excluding hydrogens is 339 g/mol. The second kappa shape index (κ2) is 8.74. The maximum Gasteiger partial charge on any atom is 0.244 e. The molecule has 0 radical (unpaired) electrons. The van der Waals surface area contributed by atoms with Crippen molar-refractivity contribution in [1.29, 1.82) is 5.26 Å². The van der Waals surface area contributed by atoms with E-state index in [0.717, 1.165) is 19.2 Å². The van der Waals surface area contributed by atoms with Crippen LogP contribution in [0.2, 0.25) is 0 Å². The van der Waals surface area contributed by atoms with Gasteiger partial charge in [-0.3, -0.25) is 14.5 Å². The molecule has 0 aromatic heterocycles. The van der Waals surface area contributed by atoms with E-state index in [1.54, 1.807) is 0 Å². The topological polar surface area (TPSA) is 94.5 Å². The Kier molecular flexibility index (Phi) is 6.66. The van der Waals surface area contributed by atoms with Crippen LogP contribution in [0.5, 0.6) is 0 Å². The van der Waals surface area contributed by atoms with Crippen molar-refractivity contribution >= 4 is 23.2 Å². The number of nitrogens with one attached hydrogen (secondary N) is 2. The second-order valence-corrected chi connectivity index (χ2v) is 6.64. The molecule has 1 aromatic carbocycles. The van der Waals surface area contributed by atoms with Gasteiger partial charge in [-0.1, -0.05) is 0 Å². The van der Waals surface area contributed by atoms with E-state index in [2.05, 4.69) is 15.5 Å². The van der Waals surface area contributed by atoms with Crippen LogP contribution < -0.4 is 10.6 Å². The van der Waals surface area contributed by atoms with Crippen LogP contribution in [0.3, 0.4) is 0 Å². The van der Waals surface area contributed by atoms with E-state index in [-0.39, 0.29) is 18.0 Å². The van der Waals surface area contributed by atoms with Crippen molar-refractivity contribution in [2.75, 3.05) is 43.5 Å². The van der Waals surface area contributed by atoms with Gasteiger partial charge >= 0.3 is 0 Å². The Hall–Kier alpha value is -2.50. The molecule has 140 valence electrons. The molecule has 0 bridgehead atoms. The number of halogens is 1. The third-order valence-corrected chi connectivity index (χ3v) is 4.10. The monoisotopic (exact) mass is 362 g/mol. The summed E-state index contributed by atoms with van der Waals surface area (Å²) in [4.78, 5) is 26.2. The quantitative estimate of drug-likeness (QED) is 0.807. The van der Waals surface area contributed by atoms with E-state index < -0.39 is 17.1 Å². The summed E-state index contributed by atoms with van der Waals surface area (Å²) in [6, 6.07) is 5.78. The molecule has 1 saturated heterocycles. The Bertz CT molecular complexity index is 709. The highest BCUT2D eigenvalue weighted by Gasteiger charge is 2.27. The van der Waals surface area contributed by atoms with Gasteiger partial charge in [-0.05, 0) is 32.0 Å². The minimum atomic E-state index is -1.21. The number of nitrogens with zero attached hydrogens (tertiary/aromatic N) is 2. The molecule has 2 amide bonds. The molecule has 1 heterocycles. The van der Waals surface area contributed by atoms with Crippen molar-refractivity contribution in [2.24, 2.45) is 5.41 Å². The van der Waals surface area contributed by atoms with E-state index in [1.807, 2.05) is 6.07 Å². The zero-order chi connectivity index (χ0) is 19.2. The van der Waals surface area contributed by atoms with Crippen LogP contribution in [0.25, 0.3) is 0 Å². The standard InChI is InChI=1S/C18H23FN4O3/c1-18(2,12-20)17(25)21-13-3-4-14(19)15(11-13)22-16(24)5-6-23-7-9-26-10-8-23/h3-4,11H,5-10H2,1-2H3,(H,21,25)(H,22,24). The first kappa shape index (κ1) is 19.8. The molecule has 0 unspecified atom stereocenters. The first-order valence-electron chi connectivity index (χ1n) is 8.44. The summed E-state index contributed by atoms with van der Waals surface area (Å²) < 4.78 is 19.2. The van der Waals surface area contributed by atoms with Crippen LogP contribution in [0, 0.1) is 22.6 Å². The Balaban J connectivity index is 1.95. The third kappa shape index (κ3) is 5.51. The van der Waals surface area contributed by atoms with Gasteiger partial charge in [0.25, 0.3) is 0 Å². The normalized spacial score (nSPS) is 15.2. The minimum Gasteiger partial charge on any atom is -0.379 e. The number of morpholine rings is 1. The van der Waals surface area contributed by atoms with Crippen LogP contribution in [-0.4, -0.2) is 49.6 Å². The summed E-state index contributed by atoms with van der Waals surface area (Å²) in [7, 11) is 0. The number of hydrogen-bond acceptors (Lipinski definition) is 5. The van der Waals surface area contributed by atoms with E-state index in [9.17, 15) is 14.0 Å².